The summed E-state index contributed by atoms with van der Waals surface area (Å²) in [6, 6.07) is 0. The van der Waals surface area contributed by atoms with E-state index in [4.69, 9.17) is 0 Å². The summed E-state index contributed by atoms with van der Waals surface area (Å²) in [5.41, 5.74) is 0. The van der Waals surface area contributed by atoms with Crippen LogP contribution in [0, 0.1) is 0 Å². The molecule has 0 aromatic rings. The van der Waals surface area contributed by atoms with Gasteiger partial charge in [0.1, 0.15) is 5.84 Å². The molecule has 1 N–H and O–H groups in total. The van der Waals surface area contributed by atoms with Crippen molar-refractivity contribution in [2.24, 2.45) is 4.99 Å². The second-order valence-corrected chi connectivity index (χ2v) is 2.29. The van der Waals surface area contributed by atoms with Gasteiger partial charge in [0.15, 0.2) is 0 Å². The smallest absolute Gasteiger partial charge is 0.103 e. The Morgan fingerprint density at radius 3 is 2.73 bits per heavy atom. The van der Waals surface area contributed by atoms with E-state index in [9.17, 15) is 0 Å². The summed E-state index contributed by atoms with van der Waals surface area (Å²) in [6.07, 6.45) is 2.70. The SMILES string of the molecule is C=CN(C)C(CCNC)=NC. The van der Waals surface area contributed by atoms with Crippen molar-refractivity contribution in [3.8, 4) is 0 Å². The van der Waals surface area contributed by atoms with Crippen molar-refractivity contribution in [1.29, 1.82) is 0 Å². The molecule has 11 heavy (non-hydrogen) atoms. The number of nitrogens with zero attached hydrogens (tertiary/aromatic N) is 2. The second-order valence-electron chi connectivity index (χ2n) is 2.29. The van der Waals surface area contributed by atoms with Gasteiger partial charge in [-0.05, 0) is 13.2 Å². The van der Waals surface area contributed by atoms with Crippen molar-refractivity contribution >= 4 is 5.84 Å². The Hall–Kier alpha value is -0.830. The van der Waals surface area contributed by atoms with Gasteiger partial charge in [-0.1, -0.05) is 6.58 Å². The topological polar surface area (TPSA) is 27.6 Å². The van der Waals surface area contributed by atoms with E-state index in [1.165, 1.54) is 0 Å². The molecular formula is C8H17N3. The highest BCUT2D eigenvalue weighted by atomic mass is 15.1. The number of nitrogens with one attached hydrogen (secondary N) is 1. The van der Waals surface area contributed by atoms with Gasteiger partial charge < -0.3 is 10.2 Å². The van der Waals surface area contributed by atoms with Gasteiger partial charge in [-0.25, -0.2) is 0 Å². The van der Waals surface area contributed by atoms with Crippen LogP contribution >= 0.6 is 0 Å². The minimum atomic E-state index is 0.940. The Kier molecular flexibility index (Phi) is 5.47. The standard InChI is InChI=1S/C8H17N3/c1-5-11(4)8(10-3)6-7-9-2/h5,9H,1,6-7H2,2-4H3. The maximum atomic E-state index is 4.13. The molecule has 0 saturated carbocycles. The first-order chi connectivity index (χ1) is 5.26. The van der Waals surface area contributed by atoms with Gasteiger partial charge in [-0.3, -0.25) is 4.99 Å². The highest BCUT2D eigenvalue weighted by Crippen LogP contribution is 1.92. The molecule has 0 amide bonds. The number of hydrogen-bond acceptors (Lipinski definition) is 2. The maximum Gasteiger partial charge on any atom is 0.103 e. The average Bonchev–Trinajstić information content (AvgIpc) is 2.05. The van der Waals surface area contributed by atoms with E-state index in [-0.39, 0.29) is 0 Å². The van der Waals surface area contributed by atoms with E-state index in [0.717, 1.165) is 18.8 Å². The van der Waals surface area contributed by atoms with Crippen molar-refractivity contribution in [2.75, 3.05) is 27.7 Å². The van der Waals surface area contributed by atoms with E-state index in [2.05, 4.69) is 16.9 Å². The number of aliphatic imine (C=N–C) groups is 1. The number of hydrogen-bond donors (Lipinski definition) is 1. The molecule has 0 unspecified atom stereocenters. The van der Waals surface area contributed by atoms with Crippen molar-refractivity contribution in [3.05, 3.63) is 12.8 Å². The fourth-order valence-corrected chi connectivity index (χ4v) is 0.788. The van der Waals surface area contributed by atoms with Crippen LogP contribution in [0.5, 0.6) is 0 Å². The summed E-state index contributed by atoms with van der Waals surface area (Å²) < 4.78 is 0. The van der Waals surface area contributed by atoms with Gasteiger partial charge in [0, 0.05) is 27.1 Å². The monoisotopic (exact) mass is 155 g/mol. The van der Waals surface area contributed by atoms with Crippen molar-refractivity contribution in [1.82, 2.24) is 10.2 Å². The predicted octanol–water partition coefficient (Wildman–Crippen LogP) is 0.699. The van der Waals surface area contributed by atoms with Gasteiger partial charge in [0.2, 0.25) is 0 Å². The summed E-state index contributed by atoms with van der Waals surface area (Å²) in [4.78, 5) is 6.06. The molecule has 0 radical (unpaired) electrons. The van der Waals surface area contributed by atoms with Gasteiger partial charge in [-0.2, -0.15) is 0 Å². The Bertz CT molecular complexity index is 140. The lowest BCUT2D eigenvalue weighted by molar-refractivity contribution is 0.652. The summed E-state index contributed by atoms with van der Waals surface area (Å²) in [7, 11) is 5.68. The van der Waals surface area contributed by atoms with Gasteiger partial charge in [0.05, 0.1) is 0 Å². The molecule has 0 aliphatic heterocycles. The van der Waals surface area contributed by atoms with Gasteiger partial charge in [-0.15, -0.1) is 0 Å². The molecule has 0 spiro atoms. The van der Waals surface area contributed by atoms with E-state index >= 15 is 0 Å². The van der Waals surface area contributed by atoms with Crippen molar-refractivity contribution in [3.63, 3.8) is 0 Å². The maximum absolute atomic E-state index is 4.13. The fraction of sp³-hybridized carbons (Fsp3) is 0.625. The lowest BCUT2D eigenvalue weighted by Crippen LogP contribution is -2.24. The van der Waals surface area contributed by atoms with E-state index < -0.39 is 0 Å². The second kappa shape index (κ2) is 5.92. The molecule has 3 heteroatoms. The van der Waals surface area contributed by atoms with Crippen LogP contribution in [0.15, 0.2) is 17.8 Å². The summed E-state index contributed by atoms with van der Waals surface area (Å²) in [5.74, 6) is 1.05. The largest absolute Gasteiger partial charge is 0.340 e. The number of amidine groups is 1. The molecule has 0 aliphatic rings. The van der Waals surface area contributed by atoms with Crippen LogP contribution in [-0.4, -0.2) is 38.4 Å². The zero-order valence-electron chi connectivity index (χ0n) is 7.59. The van der Waals surface area contributed by atoms with Crippen LogP contribution in [0.25, 0.3) is 0 Å². The van der Waals surface area contributed by atoms with E-state index in [1.807, 2.05) is 19.0 Å². The number of rotatable bonds is 4. The molecule has 0 fully saturated rings. The van der Waals surface area contributed by atoms with Crippen LogP contribution in [0.3, 0.4) is 0 Å². The molecule has 3 nitrogen and oxygen atoms in total. The Balaban J connectivity index is 3.86. The molecule has 0 aliphatic carbocycles. The highest BCUT2D eigenvalue weighted by Gasteiger charge is 1.99. The van der Waals surface area contributed by atoms with Crippen LogP contribution in [0.1, 0.15) is 6.42 Å². The normalized spacial score (nSPS) is 11.4. The molecule has 0 rings (SSSR count). The van der Waals surface area contributed by atoms with Crippen LogP contribution in [-0.2, 0) is 0 Å². The van der Waals surface area contributed by atoms with Crippen molar-refractivity contribution < 1.29 is 0 Å². The summed E-state index contributed by atoms with van der Waals surface area (Å²) >= 11 is 0. The van der Waals surface area contributed by atoms with Gasteiger partial charge >= 0.3 is 0 Å². The Morgan fingerprint density at radius 1 is 1.73 bits per heavy atom. The predicted molar refractivity (Wildman–Crippen MR) is 49.9 cm³/mol. The average molecular weight is 155 g/mol. The van der Waals surface area contributed by atoms with Crippen LogP contribution in [0.2, 0.25) is 0 Å². The van der Waals surface area contributed by atoms with Crippen LogP contribution in [0.4, 0.5) is 0 Å². The van der Waals surface area contributed by atoms with E-state index in [0.29, 0.717) is 0 Å². The molecule has 0 saturated heterocycles. The lowest BCUT2D eigenvalue weighted by Gasteiger charge is -2.15. The van der Waals surface area contributed by atoms with Crippen molar-refractivity contribution in [2.45, 2.75) is 6.42 Å². The third-order valence-electron chi connectivity index (χ3n) is 1.54. The minimum absolute atomic E-state index is 0.940. The molecule has 0 aromatic carbocycles. The molecule has 0 aromatic heterocycles. The molecule has 0 atom stereocenters. The van der Waals surface area contributed by atoms with E-state index in [1.54, 1.807) is 13.2 Å². The molecule has 0 bridgehead atoms. The van der Waals surface area contributed by atoms with Crippen LogP contribution < -0.4 is 5.32 Å². The zero-order chi connectivity index (χ0) is 8.69. The Labute approximate surface area is 68.8 Å². The minimum Gasteiger partial charge on any atom is -0.340 e. The van der Waals surface area contributed by atoms with Gasteiger partial charge in [0.25, 0.3) is 0 Å². The Morgan fingerprint density at radius 2 is 2.36 bits per heavy atom. The molecule has 64 valence electrons. The summed E-state index contributed by atoms with van der Waals surface area (Å²) in [5, 5.41) is 3.07. The third-order valence-corrected chi connectivity index (χ3v) is 1.54. The first-order valence-electron chi connectivity index (χ1n) is 3.72. The third kappa shape index (κ3) is 3.78. The summed E-state index contributed by atoms with van der Waals surface area (Å²) in [6.45, 7) is 4.61. The highest BCUT2D eigenvalue weighted by molar-refractivity contribution is 5.82. The lowest BCUT2D eigenvalue weighted by atomic mass is 10.3. The first kappa shape index (κ1) is 10.2. The quantitative estimate of drug-likeness (QED) is 0.478. The fourth-order valence-electron chi connectivity index (χ4n) is 0.788. The zero-order valence-corrected chi connectivity index (χ0v) is 7.59. The first-order valence-corrected chi connectivity index (χ1v) is 3.72. The molecular weight excluding hydrogens is 138 g/mol. The molecule has 0 heterocycles.